The van der Waals surface area contributed by atoms with E-state index >= 15 is 0 Å². The third-order valence-electron chi connectivity index (χ3n) is 4.75. The Kier molecular flexibility index (Phi) is 6.34. The van der Waals surface area contributed by atoms with Crippen molar-refractivity contribution in [3.8, 4) is 5.75 Å². The predicted molar refractivity (Wildman–Crippen MR) is 121 cm³/mol. The molecule has 1 N–H and O–H groups in total. The van der Waals surface area contributed by atoms with Crippen LogP contribution in [-0.2, 0) is 20.6 Å². The zero-order chi connectivity index (χ0) is 22.1. The molecule has 0 saturated carbocycles. The maximum absolute atomic E-state index is 13.1. The van der Waals surface area contributed by atoms with Crippen LogP contribution in [0.1, 0.15) is 33.3 Å². The zero-order valence-corrected chi connectivity index (χ0v) is 19.2. The summed E-state index contributed by atoms with van der Waals surface area (Å²) in [7, 11) is -3.65. The number of hydrogen-bond acceptors (Lipinski definition) is 4. The van der Waals surface area contributed by atoms with Crippen molar-refractivity contribution in [3.05, 3.63) is 53.1 Å². The van der Waals surface area contributed by atoms with Gasteiger partial charge in [0.1, 0.15) is 12.4 Å². The third-order valence-corrected chi connectivity index (χ3v) is 6.27. The molecule has 0 fully saturated rings. The SMILES string of the molecule is CC(C)CN1C(=O)C(C)(C)COc2ccc(NS(=O)(=O)Cc3ccc(Cl)cc3)cc21. The Hall–Kier alpha value is -2.25. The number of anilines is 2. The van der Waals surface area contributed by atoms with Gasteiger partial charge in [-0.1, -0.05) is 37.6 Å². The molecular weight excluding hydrogens is 424 g/mol. The predicted octanol–water partition coefficient (Wildman–Crippen LogP) is 4.69. The largest absolute Gasteiger partial charge is 0.490 e. The number of benzene rings is 2. The smallest absolute Gasteiger partial charge is 0.236 e. The summed E-state index contributed by atoms with van der Waals surface area (Å²) in [4.78, 5) is 14.8. The number of amides is 1. The van der Waals surface area contributed by atoms with Crippen molar-refractivity contribution in [3.63, 3.8) is 0 Å². The molecule has 1 amide bonds. The average molecular weight is 451 g/mol. The fourth-order valence-corrected chi connectivity index (χ4v) is 4.59. The standard InChI is InChI=1S/C22H27ClN2O4S/c1-15(2)12-25-19-11-18(9-10-20(19)29-14-22(3,4)21(25)26)24-30(27,28)13-16-5-7-17(23)8-6-16/h5-11,15,24H,12-14H2,1-4H3. The summed E-state index contributed by atoms with van der Waals surface area (Å²) in [5.74, 6) is 0.576. The van der Waals surface area contributed by atoms with Crippen molar-refractivity contribution in [1.82, 2.24) is 0 Å². The van der Waals surface area contributed by atoms with E-state index in [-0.39, 0.29) is 24.2 Å². The minimum absolute atomic E-state index is 0.0453. The monoisotopic (exact) mass is 450 g/mol. The van der Waals surface area contributed by atoms with Crippen molar-refractivity contribution >= 4 is 38.9 Å². The Bertz CT molecular complexity index is 1030. The first-order valence-corrected chi connectivity index (χ1v) is 11.8. The number of nitrogens with zero attached hydrogens (tertiary/aromatic N) is 1. The molecule has 1 heterocycles. The van der Waals surface area contributed by atoms with E-state index in [0.717, 1.165) is 0 Å². The molecule has 3 rings (SSSR count). The molecule has 8 heteroatoms. The normalized spacial score (nSPS) is 16.1. The molecule has 1 aliphatic rings. The highest BCUT2D eigenvalue weighted by Gasteiger charge is 2.38. The van der Waals surface area contributed by atoms with Crippen molar-refractivity contribution in [1.29, 1.82) is 0 Å². The van der Waals surface area contributed by atoms with Gasteiger partial charge in [-0.2, -0.15) is 0 Å². The Morgan fingerprint density at radius 1 is 1.17 bits per heavy atom. The van der Waals surface area contributed by atoms with Crippen LogP contribution in [0.15, 0.2) is 42.5 Å². The van der Waals surface area contributed by atoms with Crippen LogP contribution in [0.3, 0.4) is 0 Å². The summed E-state index contributed by atoms with van der Waals surface area (Å²) in [6, 6.07) is 11.7. The summed E-state index contributed by atoms with van der Waals surface area (Å²) in [5.41, 5.74) is 0.907. The van der Waals surface area contributed by atoms with Gasteiger partial charge in [0.2, 0.25) is 15.9 Å². The van der Waals surface area contributed by atoms with Gasteiger partial charge >= 0.3 is 0 Å². The fraction of sp³-hybridized carbons (Fsp3) is 0.409. The average Bonchev–Trinajstić information content (AvgIpc) is 2.73. The van der Waals surface area contributed by atoms with Gasteiger partial charge in [-0.25, -0.2) is 8.42 Å². The van der Waals surface area contributed by atoms with Crippen molar-refractivity contribution in [2.24, 2.45) is 11.3 Å². The Morgan fingerprint density at radius 3 is 2.47 bits per heavy atom. The summed E-state index contributed by atoms with van der Waals surface area (Å²) in [6.45, 7) is 8.54. The van der Waals surface area contributed by atoms with Gasteiger partial charge in [-0.15, -0.1) is 0 Å². The van der Waals surface area contributed by atoms with Crippen molar-refractivity contribution < 1.29 is 17.9 Å². The molecule has 1 aliphatic heterocycles. The summed E-state index contributed by atoms with van der Waals surface area (Å²) in [5, 5.41) is 0.549. The van der Waals surface area contributed by atoms with Gasteiger partial charge in [0.15, 0.2) is 0 Å². The van der Waals surface area contributed by atoms with Crippen LogP contribution in [0.4, 0.5) is 11.4 Å². The van der Waals surface area contributed by atoms with E-state index < -0.39 is 15.4 Å². The Balaban J connectivity index is 1.90. The number of rotatable bonds is 6. The molecule has 30 heavy (non-hydrogen) atoms. The molecule has 2 aromatic carbocycles. The maximum atomic E-state index is 13.1. The molecular formula is C22H27ClN2O4S. The van der Waals surface area contributed by atoms with Crippen molar-refractivity contribution in [2.75, 3.05) is 22.8 Å². The van der Waals surface area contributed by atoms with Crippen LogP contribution < -0.4 is 14.4 Å². The molecule has 0 aliphatic carbocycles. The van der Waals surface area contributed by atoms with Crippen molar-refractivity contribution in [2.45, 2.75) is 33.4 Å². The lowest BCUT2D eigenvalue weighted by molar-refractivity contribution is -0.127. The molecule has 0 unspecified atom stereocenters. The number of hydrogen-bond donors (Lipinski definition) is 1. The maximum Gasteiger partial charge on any atom is 0.236 e. The fourth-order valence-electron chi connectivity index (χ4n) is 3.27. The lowest BCUT2D eigenvalue weighted by Gasteiger charge is -2.29. The molecule has 0 aromatic heterocycles. The van der Waals surface area contributed by atoms with E-state index in [0.29, 0.717) is 34.3 Å². The number of fused-ring (bicyclic) bond motifs is 1. The minimum Gasteiger partial charge on any atom is -0.490 e. The zero-order valence-electron chi connectivity index (χ0n) is 17.6. The second-order valence-corrected chi connectivity index (χ2v) is 10.8. The van der Waals surface area contributed by atoms with Crippen LogP contribution in [0.5, 0.6) is 5.75 Å². The molecule has 6 nitrogen and oxygen atoms in total. The lowest BCUT2D eigenvalue weighted by Crippen LogP contribution is -2.43. The van der Waals surface area contributed by atoms with E-state index in [4.69, 9.17) is 16.3 Å². The third kappa shape index (κ3) is 5.26. The summed E-state index contributed by atoms with van der Waals surface area (Å²) < 4.78 is 33.8. The second kappa shape index (κ2) is 8.47. The summed E-state index contributed by atoms with van der Waals surface area (Å²) in [6.07, 6.45) is 0. The van der Waals surface area contributed by atoms with Gasteiger partial charge in [0.25, 0.3) is 0 Å². The second-order valence-electron chi connectivity index (χ2n) is 8.65. The molecule has 0 spiro atoms. The van der Waals surface area contributed by atoms with Gasteiger partial charge in [0, 0.05) is 11.6 Å². The van der Waals surface area contributed by atoms with Crippen LogP contribution in [-0.4, -0.2) is 27.5 Å². The van der Waals surface area contributed by atoms with E-state index in [1.54, 1.807) is 47.4 Å². The number of sulfonamides is 1. The van der Waals surface area contributed by atoms with E-state index in [9.17, 15) is 13.2 Å². The van der Waals surface area contributed by atoms with Gasteiger partial charge < -0.3 is 9.64 Å². The first kappa shape index (κ1) is 22.4. The van der Waals surface area contributed by atoms with Gasteiger partial charge in [-0.05, 0) is 55.7 Å². The van der Waals surface area contributed by atoms with E-state index in [1.807, 2.05) is 27.7 Å². The number of carbonyl (C=O) groups excluding carboxylic acids is 1. The molecule has 0 atom stereocenters. The molecule has 0 saturated heterocycles. The Labute approximate surface area is 183 Å². The van der Waals surface area contributed by atoms with E-state index in [1.165, 1.54) is 0 Å². The highest BCUT2D eigenvalue weighted by Crippen LogP contribution is 2.38. The molecule has 0 bridgehead atoms. The van der Waals surface area contributed by atoms with Gasteiger partial charge in [-0.3, -0.25) is 9.52 Å². The van der Waals surface area contributed by atoms with Crippen LogP contribution in [0.2, 0.25) is 5.02 Å². The van der Waals surface area contributed by atoms with Crippen LogP contribution >= 0.6 is 11.6 Å². The molecule has 162 valence electrons. The van der Waals surface area contributed by atoms with Crippen LogP contribution in [0, 0.1) is 11.3 Å². The highest BCUT2D eigenvalue weighted by molar-refractivity contribution is 7.91. The number of ether oxygens (including phenoxy) is 1. The quantitative estimate of drug-likeness (QED) is 0.692. The van der Waals surface area contributed by atoms with Crippen LogP contribution in [0.25, 0.3) is 0 Å². The molecule has 0 radical (unpaired) electrons. The number of nitrogens with one attached hydrogen (secondary N) is 1. The van der Waals surface area contributed by atoms with Gasteiger partial charge in [0.05, 0.1) is 22.5 Å². The molecule has 2 aromatic rings. The minimum atomic E-state index is -3.65. The van der Waals surface area contributed by atoms with E-state index in [2.05, 4.69) is 4.72 Å². The first-order chi connectivity index (χ1) is 14.0. The topological polar surface area (TPSA) is 75.7 Å². The number of carbonyl (C=O) groups is 1. The summed E-state index contributed by atoms with van der Waals surface area (Å²) >= 11 is 5.87. The lowest BCUT2D eigenvalue weighted by atomic mass is 9.92. The first-order valence-electron chi connectivity index (χ1n) is 9.80. The highest BCUT2D eigenvalue weighted by atomic mass is 35.5. The Morgan fingerprint density at radius 2 is 1.83 bits per heavy atom. The number of halogens is 1.